The summed E-state index contributed by atoms with van der Waals surface area (Å²) in [4.78, 5) is 17.3. The number of aliphatic hydroxyl groups excluding tert-OH is 1. The summed E-state index contributed by atoms with van der Waals surface area (Å²) >= 11 is 0. The number of hydrogen-bond donors (Lipinski definition) is 1. The third-order valence-corrected chi connectivity index (χ3v) is 2.71. The van der Waals surface area contributed by atoms with Crippen molar-refractivity contribution in [2.24, 2.45) is 5.92 Å². The van der Waals surface area contributed by atoms with Crippen molar-refractivity contribution < 1.29 is 9.90 Å². The molecule has 1 aromatic heterocycles. The van der Waals surface area contributed by atoms with Crippen LogP contribution in [0, 0.1) is 18.3 Å². The van der Waals surface area contributed by atoms with Crippen molar-refractivity contribution >= 4 is 11.6 Å². The van der Waals surface area contributed by atoms with Gasteiger partial charge in [-0.15, -0.1) is 12.3 Å². The summed E-state index contributed by atoms with van der Waals surface area (Å²) in [6.45, 7) is 0.399. The van der Waals surface area contributed by atoms with Gasteiger partial charge in [0.25, 0.3) is 0 Å². The standard InChI is InChI=1S/C12H12N2O2/c1-2-9-5-12(16)14(7-9)11-6-13-4-3-10(11)8-15/h1,3-4,6,9,15H,5,7-8H2. The van der Waals surface area contributed by atoms with E-state index >= 15 is 0 Å². The van der Waals surface area contributed by atoms with Crippen molar-refractivity contribution in [3.05, 3.63) is 24.0 Å². The topological polar surface area (TPSA) is 53.4 Å². The van der Waals surface area contributed by atoms with E-state index in [4.69, 9.17) is 6.42 Å². The minimum Gasteiger partial charge on any atom is -0.392 e. The van der Waals surface area contributed by atoms with Crippen molar-refractivity contribution in [3.63, 3.8) is 0 Å². The molecule has 1 atom stereocenters. The molecule has 16 heavy (non-hydrogen) atoms. The van der Waals surface area contributed by atoms with Crippen molar-refractivity contribution in [2.75, 3.05) is 11.4 Å². The number of aliphatic hydroxyl groups is 1. The summed E-state index contributed by atoms with van der Waals surface area (Å²) in [5.74, 6) is 2.54. The zero-order valence-corrected chi connectivity index (χ0v) is 8.76. The molecule has 1 unspecified atom stereocenters. The molecule has 2 heterocycles. The first-order valence-corrected chi connectivity index (χ1v) is 5.06. The minimum absolute atomic E-state index is 0.00866. The fraction of sp³-hybridized carbons (Fsp3) is 0.333. The second-order valence-corrected chi connectivity index (χ2v) is 3.73. The normalized spacial score (nSPS) is 19.9. The molecule has 2 rings (SSSR count). The Labute approximate surface area is 93.9 Å². The lowest BCUT2D eigenvalue weighted by Crippen LogP contribution is -2.25. The Balaban J connectivity index is 2.31. The highest BCUT2D eigenvalue weighted by molar-refractivity contribution is 5.96. The van der Waals surface area contributed by atoms with Crippen LogP contribution in [-0.2, 0) is 11.4 Å². The molecule has 1 amide bonds. The highest BCUT2D eigenvalue weighted by atomic mass is 16.3. The fourth-order valence-corrected chi connectivity index (χ4v) is 1.84. The van der Waals surface area contributed by atoms with Crippen LogP contribution in [0.25, 0.3) is 0 Å². The smallest absolute Gasteiger partial charge is 0.228 e. The molecule has 1 aliphatic heterocycles. The number of carbonyl (C=O) groups is 1. The van der Waals surface area contributed by atoms with Gasteiger partial charge in [-0.05, 0) is 6.07 Å². The van der Waals surface area contributed by atoms with E-state index in [1.165, 1.54) is 0 Å². The minimum atomic E-state index is -0.109. The number of amides is 1. The third kappa shape index (κ3) is 1.77. The van der Waals surface area contributed by atoms with Crippen molar-refractivity contribution in [3.8, 4) is 12.3 Å². The van der Waals surface area contributed by atoms with Crippen LogP contribution in [0.15, 0.2) is 18.5 Å². The van der Waals surface area contributed by atoms with Crippen LogP contribution in [0.4, 0.5) is 5.69 Å². The Bertz CT molecular complexity index is 451. The average Bonchev–Trinajstić information content (AvgIpc) is 2.70. The molecule has 0 radical (unpaired) electrons. The van der Waals surface area contributed by atoms with Gasteiger partial charge in [-0.2, -0.15) is 0 Å². The summed E-state index contributed by atoms with van der Waals surface area (Å²) in [6, 6.07) is 1.70. The number of carbonyl (C=O) groups excluding carboxylic acids is 1. The molecular weight excluding hydrogens is 204 g/mol. The van der Waals surface area contributed by atoms with E-state index in [0.29, 0.717) is 24.2 Å². The van der Waals surface area contributed by atoms with E-state index in [0.717, 1.165) is 0 Å². The molecule has 1 aromatic rings. The molecule has 1 N–H and O–H groups in total. The summed E-state index contributed by atoms with van der Waals surface area (Å²) < 4.78 is 0. The molecule has 0 bridgehead atoms. The van der Waals surface area contributed by atoms with Crippen LogP contribution in [0.5, 0.6) is 0 Å². The van der Waals surface area contributed by atoms with Crippen molar-refractivity contribution in [1.29, 1.82) is 0 Å². The molecule has 1 saturated heterocycles. The molecule has 4 heteroatoms. The van der Waals surface area contributed by atoms with Gasteiger partial charge in [-0.1, -0.05) is 0 Å². The number of nitrogens with zero attached hydrogens (tertiary/aromatic N) is 2. The molecular formula is C12H12N2O2. The molecule has 0 aliphatic carbocycles. The molecule has 0 aromatic carbocycles. The van der Waals surface area contributed by atoms with Gasteiger partial charge in [0.15, 0.2) is 0 Å². The molecule has 4 nitrogen and oxygen atoms in total. The van der Waals surface area contributed by atoms with Crippen LogP contribution < -0.4 is 4.90 Å². The van der Waals surface area contributed by atoms with Gasteiger partial charge in [0.05, 0.1) is 18.5 Å². The largest absolute Gasteiger partial charge is 0.392 e. The predicted molar refractivity (Wildman–Crippen MR) is 59.5 cm³/mol. The molecule has 0 saturated carbocycles. The van der Waals surface area contributed by atoms with Crippen LogP contribution >= 0.6 is 0 Å². The molecule has 0 spiro atoms. The Morgan fingerprint density at radius 3 is 3.12 bits per heavy atom. The van der Waals surface area contributed by atoms with E-state index in [2.05, 4.69) is 10.9 Å². The van der Waals surface area contributed by atoms with E-state index < -0.39 is 0 Å². The predicted octanol–water partition coefficient (Wildman–Crippen LogP) is 0.560. The second kappa shape index (κ2) is 4.33. The zero-order valence-electron chi connectivity index (χ0n) is 8.76. The lowest BCUT2D eigenvalue weighted by Gasteiger charge is -2.18. The molecule has 1 fully saturated rings. The quantitative estimate of drug-likeness (QED) is 0.735. The monoisotopic (exact) mass is 216 g/mol. The maximum Gasteiger partial charge on any atom is 0.228 e. The molecule has 82 valence electrons. The van der Waals surface area contributed by atoms with Gasteiger partial charge in [-0.3, -0.25) is 9.78 Å². The number of rotatable bonds is 2. The summed E-state index contributed by atoms with van der Waals surface area (Å²) in [7, 11) is 0. The van der Waals surface area contributed by atoms with Crippen LogP contribution in [0.1, 0.15) is 12.0 Å². The van der Waals surface area contributed by atoms with E-state index in [1.807, 2.05) is 0 Å². The Morgan fingerprint density at radius 2 is 2.50 bits per heavy atom. The van der Waals surface area contributed by atoms with Gasteiger partial charge in [0.2, 0.25) is 5.91 Å². The first kappa shape index (κ1) is 10.7. The number of anilines is 1. The SMILES string of the molecule is C#CC1CC(=O)N(c2cnccc2CO)C1. The van der Waals surface area contributed by atoms with Gasteiger partial charge in [-0.25, -0.2) is 0 Å². The summed E-state index contributed by atoms with van der Waals surface area (Å²) in [5, 5.41) is 9.18. The Hall–Kier alpha value is -1.86. The Kier molecular flexibility index (Phi) is 2.88. The zero-order chi connectivity index (χ0) is 11.5. The van der Waals surface area contributed by atoms with Crippen molar-refractivity contribution in [1.82, 2.24) is 4.98 Å². The highest BCUT2D eigenvalue weighted by Crippen LogP contribution is 2.26. The summed E-state index contributed by atoms with van der Waals surface area (Å²) in [5.41, 5.74) is 1.36. The number of hydrogen-bond acceptors (Lipinski definition) is 3. The van der Waals surface area contributed by atoms with E-state index in [-0.39, 0.29) is 18.4 Å². The third-order valence-electron chi connectivity index (χ3n) is 2.71. The van der Waals surface area contributed by atoms with Gasteiger partial charge in [0, 0.05) is 30.6 Å². The number of aromatic nitrogens is 1. The fourth-order valence-electron chi connectivity index (χ4n) is 1.84. The van der Waals surface area contributed by atoms with Crippen molar-refractivity contribution in [2.45, 2.75) is 13.0 Å². The van der Waals surface area contributed by atoms with Gasteiger partial charge in [0.1, 0.15) is 0 Å². The van der Waals surface area contributed by atoms with Gasteiger partial charge >= 0.3 is 0 Å². The first-order chi connectivity index (χ1) is 7.76. The lowest BCUT2D eigenvalue weighted by atomic mass is 10.1. The van der Waals surface area contributed by atoms with Crippen LogP contribution in [-0.4, -0.2) is 22.5 Å². The highest BCUT2D eigenvalue weighted by Gasteiger charge is 2.30. The van der Waals surface area contributed by atoms with Crippen LogP contribution in [0.3, 0.4) is 0 Å². The number of terminal acetylenes is 1. The maximum absolute atomic E-state index is 11.7. The van der Waals surface area contributed by atoms with Crippen LogP contribution in [0.2, 0.25) is 0 Å². The summed E-state index contributed by atoms with van der Waals surface area (Å²) in [6.07, 6.45) is 8.86. The lowest BCUT2D eigenvalue weighted by molar-refractivity contribution is -0.117. The number of pyridine rings is 1. The molecule has 1 aliphatic rings. The van der Waals surface area contributed by atoms with E-state index in [1.54, 1.807) is 23.4 Å². The van der Waals surface area contributed by atoms with Gasteiger partial charge < -0.3 is 10.0 Å². The Morgan fingerprint density at radius 1 is 1.69 bits per heavy atom. The maximum atomic E-state index is 11.7. The first-order valence-electron chi connectivity index (χ1n) is 5.06. The second-order valence-electron chi connectivity index (χ2n) is 3.73. The van der Waals surface area contributed by atoms with E-state index in [9.17, 15) is 9.90 Å². The average molecular weight is 216 g/mol.